The molecular formula is C18H36O4Si3. The van der Waals surface area contributed by atoms with Crippen molar-refractivity contribution >= 4 is 25.0 Å². The van der Waals surface area contributed by atoms with E-state index in [0.717, 1.165) is 17.1 Å². The Balaban J connectivity index is 3.12. The van der Waals surface area contributed by atoms with Crippen LogP contribution in [0.2, 0.25) is 58.9 Å². The van der Waals surface area contributed by atoms with E-state index in [-0.39, 0.29) is 6.10 Å². The van der Waals surface area contributed by atoms with Crippen molar-refractivity contribution in [3.05, 3.63) is 23.8 Å². The summed E-state index contributed by atoms with van der Waals surface area (Å²) in [5.41, 5.74) is 1.08. The van der Waals surface area contributed by atoms with Crippen LogP contribution in [0.4, 0.5) is 0 Å². The SMILES string of the molecule is COc1cc(C(CO[Si](C)(C)C)O[Si](C)(C)C)ccc1O[Si](C)(C)C. The van der Waals surface area contributed by atoms with Crippen molar-refractivity contribution in [3.8, 4) is 11.5 Å². The smallest absolute Gasteiger partial charge is 0.242 e. The maximum Gasteiger partial charge on any atom is 0.242 e. The molecule has 0 amide bonds. The fraction of sp³-hybridized carbons (Fsp3) is 0.667. The van der Waals surface area contributed by atoms with E-state index in [4.69, 9.17) is 18.0 Å². The minimum absolute atomic E-state index is 0.0757. The Morgan fingerprint density at radius 2 is 1.40 bits per heavy atom. The van der Waals surface area contributed by atoms with Crippen LogP contribution in [0.15, 0.2) is 18.2 Å². The third-order valence-corrected chi connectivity index (χ3v) is 6.00. The lowest BCUT2D eigenvalue weighted by Crippen LogP contribution is -2.34. The number of methoxy groups -OCH3 is 1. The minimum atomic E-state index is -1.71. The predicted molar refractivity (Wildman–Crippen MR) is 113 cm³/mol. The van der Waals surface area contributed by atoms with Crippen LogP contribution in [0.1, 0.15) is 11.7 Å². The lowest BCUT2D eigenvalue weighted by Gasteiger charge is -2.30. The third kappa shape index (κ3) is 9.05. The molecule has 144 valence electrons. The second kappa shape index (κ2) is 8.39. The standard InChI is InChI=1S/C18H36O4Si3/c1-19-17-13-15(11-12-16(17)21-24(5,6)7)18(22-25(8,9)10)14-20-23(2,3)4/h11-13,18H,14H2,1-10H3. The molecular weight excluding hydrogens is 364 g/mol. The summed E-state index contributed by atoms with van der Waals surface area (Å²) in [5, 5.41) is 0. The van der Waals surface area contributed by atoms with Gasteiger partial charge in [0.15, 0.2) is 22.4 Å². The van der Waals surface area contributed by atoms with Crippen LogP contribution in [-0.4, -0.2) is 38.7 Å². The highest BCUT2D eigenvalue weighted by atomic mass is 28.4. The molecule has 7 heteroatoms. The molecule has 0 saturated carbocycles. The van der Waals surface area contributed by atoms with Crippen molar-refractivity contribution in [1.82, 2.24) is 0 Å². The Bertz CT molecular complexity index is 557. The van der Waals surface area contributed by atoms with Crippen molar-refractivity contribution in [2.75, 3.05) is 13.7 Å². The van der Waals surface area contributed by atoms with Gasteiger partial charge < -0.3 is 18.0 Å². The number of benzene rings is 1. The van der Waals surface area contributed by atoms with Gasteiger partial charge in [-0.3, -0.25) is 0 Å². The zero-order valence-corrected chi connectivity index (χ0v) is 20.6. The van der Waals surface area contributed by atoms with Gasteiger partial charge in [-0.25, -0.2) is 0 Å². The summed E-state index contributed by atoms with van der Waals surface area (Å²) < 4.78 is 24.3. The van der Waals surface area contributed by atoms with E-state index in [2.05, 4.69) is 65.0 Å². The molecule has 0 N–H and O–H groups in total. The average Bonchev–Trinajstić information content (AvgIpc) is 2.40. The van der Waals surface area contributed by atoms with Crippen LogP contribution < -0.4 is 9.16 Å². The second-order valence-electron chi connectivity index (χ2n) is 9.27. The molecule has 0 saturated heterocycles. The van der Waals surface area contributed by atoms with Crippen molar-refractivity contribution in [2.24, 2.45) is 0 Å². The van der Waals surface area contributed by atoms with Gasteiger partial charge in [-0.1, -0.05) is 6.07 Å². The maximum absolute atomic E-state index is 6.41. The van der Waals surface area contributed by atoms with E-state index in [1.165, 1.54) is 0 Å². The highest BCUT2D eigenvalue weighted by Gasteiger charge is 2.26. The molecule has 1 aromatic rings. The Hall–Kier alpha value is -0.609. The summed E-state index contributed by atoms with van der Waals surface area (Å²) in [6, 6.07) is 6.12. The van der Waals surface area contributed by atoms with Gasteiger partial charge in [0, 0.05) is 0 Å². The van der Waals surface area contributed by atoms with E-state index >= 15 is 0 Å². The fourth-order valence-electron chi connectivity index (χ4n) is 2.25. The van der Waals surface area contributed by atoms with Gasteiger partial charge in [0.05, 0.1) is 19.8 Å². The number of hydrogen-bond acceptors (Lipinski definition) is 4. The molecule has 0 radical (unpaired) electrons. The van der Waals surface area contributed by atoms with Crippen molar-refractivity contribution in [2.45, 2.75) is 65.0 Å². The largest absolute Gasteiger partial charge is 0.542 e. The molecule has 1 aromatic carbocycles. The zero-order valence-electron chi connectivity index (χ0n) is 17.6. The van der Waals surface area contributed by atoms with Crippen molar-refractivity contribution in [3.63, 3.8) is 0 Å². The first-order chi connectivity index (χ1) is 11.2. The Morgan fingerprint density at radius 1 is 0.800 bits per heavy atom. The van der Waals surface area contributed by atoms with E-state index < -0.39 is 25.0 Å². The second-order valence-corrected chi connectivity index (χ2v) is 22.7. The Morgan fingerprint density at radius 3 is 1.84 bits per heavy atom. The molecule has 0 heterocycles. The van der Waals surface area contributed by atoms with E-state index in [0.29, 0.717) is 6.61 Å². The summed E-state index contributed by atoms with van der Waals surface area (Å²) in [7, 11) is -3.32. The zero-order chi connectivity index (χ0) is 19.5. The molecule has 0 aliphatic rings. The van der Waals surface area contributed by atoms with Crippen LogP contribution in [0.5, 0.6) is 11.5 Å². The van der Waals surface area contributed by atoms with Gasteiger partial charge in [-0.05, 0) is 76.6 Å². The molecule has 0 fully saturated rings. The van der Waals surface area contributed by atoms with Crippen molar-refractivity contribution < 1.29 is 18.0 Å². The molecule has 0 aliphatic carbocycles. The van der Waals surface area contributed by atoms with Crippen LogP contribution in [-0.2, 0) is 8.85 Å². The predicted octanol–water partition coefficient (Wildman–Crippen LogP) is 5.65. The van der Waals surface area contributed by atoms with E-state index in [9.17, 15) is 0 Å². The number of rotatable bonds is 9. The summed E-state index contributed by atoms with van der Waals surface area (Å²) in [6.45, 7) is 20.3. The van der Waals surface area contributed by atoms with Gasteiger partial charge in [0.1, 0.15) is 5.75 Å². The van der Waals surface area contributed by atoms with Crippen LogP contribution >= 0.6 is 0 Å². The molecule has 25 heavy (non-hydrogen) atoms. The molecule has 1 atom stereocenters. The Labute approximate surface area is 157 Å². The molecule has 1 unspecified atom stereocenters. The van der Waals surface area contributed by atoms with E-state index in [1.54, 1.807) is 7.11 Å². The van der Waals surface area contributed by atoms with Gasteiger partial charge >= 0.3 is 0 Å². The molecule has 0 bridgehead atoms. The lowest BCUT2D eigenvalue weighted by molar-refractivity contribution is 0.119. The van der Waals surface area contributed by atoms with Gasteiger partial charge in [0.25, 0.3) is 0 Å². The monoisotopic (exact) mass is 400 g/mol. The van der Waals surface area contributed by atoms with Gasteiger partial charge in [0.2, 0.25) is 8.32 Å². The molecule has 0 spiro atoms. The quantitative estimate of drug-likeness (QED) is 0.502. The average molecular weight is 401 g/mol. The normalized spacial score (nSPS) is 14.3. The first kappa shape index (κ1) is 22.4. The van der Waals surface area contributed by atoms with Crippen LogP contribution in [0.25, 0.3) is 0 Å². The first-order valence-electron chi connectivity index (χ1n) is 8.89. The third-order valence-electron chi connectivity index (χ3n) is 3.14. The summed E-state index contributed by atoms with van der Waals surface area (Å²) in [4.78, 5) is 0. The minimum Gasteiger partial charge on any atom is -0.542 e. The maximum atomic E-state index is 6.41. The van der Waals surface area contributed by atoms with E-state index in [1.807, 2.05) is 12.1 Å². The number of hydrogen-bond donors (Lipinski definition) is 0. The van der Waals surface area contributed by atoms with Crippen LogP contribution in [0, 0.1) is 0 Å². The highest BCUT2D eigenvalue weighted by Crippen LogP contribution is 2.34. The lowest BCUT2D eigenvalue weighted by atomic mass is 10.1. The molecule has 4 nitrogen and oxygen atoms in total. The first-order valence-corrected chi connectivity index (χ1v) is 19.1. The molecule has 0 aliphatic heterocycles. The highest BCUT2D eigenvalue weighted by molar-refractivity contribution is 6.70. The van der Waals surface area contributed by atoms with Gasteiger partial charge in [-0.2, -0.15) is 0 Å². The summed E-state index contributed by atoms with van der Waals surface area (Å²) >= 11 is 0. The molecule has 1 rings (SSSR count). The fourth-order valence-corrected chi connectivity index (χ4v) is 4.79. The van der Waals surface area contributed by atoms with Crippen molar-refractivity contribution in [1.29, 1.82) is 0 Å². The number of ether oxygens (including phenoxy) is 1. The molecule has 0 aromatic heterocycles. The van der Waals surface area contributed by atoms with Gasteiger partial charge in [-0.15, -0.1) is 0 Å². The van der Waals surface area contributed by atoms with Crippen LogP contribution in [0.3, 0.4) is 0 Å². The Kier molecular flexibility index (Phi) is 7.53. The summed E-state index contributed by atoms with van der Waals surface area (Å²) in [6.07, 6.45) is -0.0757. The summed E-state index contributed by atoms with van der Waals surface area (Å²) in [5.74, 6) is 1.57. The topological polar surface area (TPSA) is 36.9 Å².